The van der Waals surface area contributed by atoms with Gasteiger partial charge in [-0.2, -0.15) is 4.98 Å². The number of amides is 3. The van der Waals surface area contributed by atoms with E-state index < -0.39 is 11.8 Å². The highest BCUT2D eigenvalue weighted by Crippen LogP contribution is 2.44. The highest BCUT2D eigenvalue weighted by molar-refractivity contribution is 9.10. The van der Waals surface area contributed by atoms with Gasteiger partial charge in [-0.3, -0.25) is 14.6 Å². The van der Waals surface area contributed by atoms with E-state index in [-0.39, 0.29) is 40.4 Å². The van der Waals surface area contributed by atoms with Crippen LogP contribution in [0.3, 0.4) is 0 Å². The number of ether oxygens (including phenoxy) is 2. The third-order valence-electron chi connectivity index (χ3n) is 6.42. The Morgan fingerprint density at radius 1 is 1.25 bits per heavy atom. The number of carbonyl (C=O) groups excluding carboxylic acids is 2. The van der Waals surface area contributed by atoms with Crippen LogP contribution in [-0.2, 0) is 11.3 Å². The predicted molar refractivity (Wildman–Crippen MR) is 137 cm³/mol. The number of nitrogens with zero attached hydrogens (tertiary/aromatic N) is 4. The van der Waals surface area contributed by atoms with E-state index in [1.54, 1.807) is 13.2 Å². The average Bonchev–Trinajstić information content (AvgIpc) is 2.88. The van der Waals surface area contributed by atoms with Crippen LogP contribution in [0.2, 0.25) is 0 Å². The lowest BCUT2D eigenvalue weighted by atomic mass is 9.90. The Morgan fingerprint density at radius 3 is 2.61 bits per heavy atom. The van der Waals surface area contributed by atoms with Gasteiger partial charge < -0.3 is 20.1 Å². The molecule has 1 saturated carbocycles. The van der Waals surface area contributed by atoms with Crippen molar-refractivity contribution in [2.45, 2.75) is 44.3 Å². The van der Waals surface area contributed by atoms with E-state index in [4.69, 9.17) is 9.47 Å². The molecule has 0 saturated heterocycles. The molecule has 2 aliphatic rings. The van der Waals surface area contributed by atoms with Crippen molar-refractivity contribution in [3.05, 3.63) is 40.8 Å². The number of benzene rings is 1. The summed E-state index contributed by atoms with van der Waals surface area (Å²) in [7, 11) is 4.36. The second-order valence-electron chi connectivity index (χ2n) is 8.58. The highest BCUT2D eigenvalue weighted by Gasteiger charge is 2.35. The summed E-state index contributed by atoms with van der Waals surface area (Å²) in [6.45, 7) is 3.57. The molecular weight excluding hydrogens is 535 g/mol. The molecule has 3 amide bonds. The molecule has 2 N–H and O–H groups in total. The molecule has 2 aromatic rings. The fourth-order valence-corrected chi connectivity index (χ4v) is 5.21. The SMILES string of the molecule is C=CC(=O)N[C@H]1CCCC[C@H]1Nc1ncc2c(n1)N(C)C(=O)N(c1c(F)c(OC)cc(OC)c1Br)C2. The Balaban J connectivity index is 1.62. The van der Waals surface area contributed by atoms with Crippen molar-refractivity contribution in [3.8, 4) is 11.5 Å². The van der Waals surface area contributed by atoms with Gasteiger partial charge in [-0.15, -0.1) is 0 Å². The quantitative estimate of drug-likeness (QED) is 0.491. The maximum atomic E-state index is 15.3. The Bertz CT molecular complexity index is 1170. The third-order valence-corrected chi connectivity index (χ3v) is 7.19. The molecule has 2 atom stereocenters. The minimum absolute atomic E-state index is 0.00101. The first-order chi connectivity index (χ1) is 17.3. The lowest BCUT2D eigenvalue weighted by Gasteiger charge is -2.36. The Kier molecular flexibility index (Phi) is 7.62. The summed E-state index contributed by atoms with van der Waals surface area (Å²) in [4.78, 5) is 36.8. The summed E-state index contributed by atoms with van der Waals surface area (Å²) in [5, 5.41) is 6.28. The lowest BCUT2D eigenvalue weighted by Crippen LogP contribution is -2.48. The van der Waals surface area contributed by atoms with Gasteiger partial charge in [-0.25, -0.2) is 14.2 Å². The number of hydrogen-bond acceptors (Lipinski definition) is 7. The standard InChI is InChI=1S/C24H28BrFN6O4/c1-5-18(33)28-14-8-6-7-9-15(14)29-23-27-11-13-12-32(24(34)31(2)22(13)30-23)21-19(25)16(35-3)10-17(36-4)20(21)26/h5,10-11,14-15H,1,6-9,12H2,2-4H3,(H,28,33)(H,27,29,30)/t14-,15+/m0/s1. The number of hydrogen-bond donors (Lipinski definition) is 2. The van der Waals surface area contributed by atoms with E-state index >= 15 is 4.39 Å². The van der Waals surface area contributed by atoms with Crippen LogP contribution in [0.5, 0.6) is 11.5 Å². The van der Waals surface area contributed by atoms with Gasteiger partial charge in [0.25, 0.3) is 0 Å². The summed E-state index contributed by atoms with van der Waals surface area (Å²) in [6, 6.07) is 0.792. The first-order valence-electron chi connectivity index (χ1n) is 11.5. The molecule has 2 heterocycles. The molecule has 36 heavy (non-hydrogen) atoms. The molecular formula is C24H28BrFN6O4. The molecule has 1 fully saturated rings. The van der Waals surface area contributed by atoms with Crippen LogP contribution in [0.1, 0.15) is 31.2 Å². The summed E-state index contributed by atoms with van der Waals surface area (Å²) in [6.07, 6.45) is 6.58. The molecule has 192 valence electrons. The van der Waals surface area contributed by atoms with Crippen LogP contribution >= 0.6 is 15.9 Å². The van der Waals surface area contributed by atoms with Crippen LogP contribution < -0.4 is 29.9 Å². The molecule has 1 aliphatic carbocycles. The molecule has 0 unspecified atom stereocenters. The maximum absolute atomic E-state index is 15.3. The van der Waals surface area contributed by atoms with Crippen LogP contribution in [0.4, 0.5) is 26.6 Å². The van der Waals surface area contributed by atoms with E-state index in [9.17, 15) is 9.59 Å². The number of urea groups is 1. The van der Waals surface area contributed by atoms with Crippen molar-refractivity contribution < 1.29 is 23.5 Å². The topological polar surface area (TPSA) is 109 Å². The first kappa shape index (κ1) is 25.7. The summed E-state index contributed by atoms with van der Waals surface area (Å²) < 4.78 is 26.0. The maximum Gasteiger partial charge on any atom is 0.330 e. The van der Waals surface area contributed by atoms with E-state index in [1.807, 2.05) is 0 Å². The molecule has 10 nitrogen and oxygen atoms in total. The van der Waals surface area contributed by atoms with Crippen LogP contribution in [0.15, 0.2) is 29.4 Å². The van der Waals surface area contributed by atoms with Gasteiger partial charge in [0.1, 0.15) is 17.3 Å². The first-order valence-corrected chi connectivity index (χ1v) is 12.3. The van der Waals surface area contributed by atoms with Crippen LogP contribution in [0, 0.1) is 5.82 Å². The van der Waals surface area contributed by atoms with E-state index in [2.05, 4.69) is 43.1 Å². The number of halogens is 2. The predicted octanol–water partition coefficient (Wildman–Crippen LogP) is 4.00. The number of rotatable bonds is 7. The number of nitrogens with one attached hydrogen (secondary N) is 2. The summed E-state index contributed by atoms with van der Waals surface area (Å²) in [5.74, 6) is 0.126. The van der Waals surface area contributed by atoms with Gasteiger partial charge in [0.05, 0.1) is 25.2 Å². The Morgan fingerprint density at radius 2 is 1.94 bits per heavy atom. The molecule has 12 heteroatoms. The van der Waals surface area contributed by atoms with Gasteiger partial charge in [0.2, 0.25) is 11.9 Å². The molecule has 1 aliphatic heterocycles. The van der Waals surface area contributed by atoms with Crippen molar-refractivity contribution in [2.75, 3.05) is 36.4 Å². The van der Waals surface area contributed by atoms with Gasteiger partial charge >= 0.3 is 6.03 Å². The minimum Gasteiger partial charge on any atom is -0.495 e. The summed E-state index contributed by atoms with van der Waals surface area (Å²) >= 11 is 3.36. The fraction of sp³-hybridized carbons (Fsp3) is 0.417. The van der Waals surface area contributed by atoms with E-state index in [0.29, 0.717) is 23.1 Å². The lowest BCUT2D eigenvalue weighted by molar-refractivity contribution is -0.117. The minimum atomic E-state index is -0.695. The zero-order valence-electron chi connectivity index (χ0n) is 20.3. The molecule has 4 rings (SSSR count). The second kappa shape index (κ2) is 10.7. The molecule has 0 radical (unpaired) electrons. The van der Waals surface area contributed by atoms with Crippen molar-refractivity contribution >= 4 is 45.3 Å². The zero-order valence-corrected chi connectivity index (χ0v) is 21.9. The smallest absolute Gasteiger partial charge is 0.330 e. The monoisotopic (exact) mass is 562 g/mol. The molecule has 0 bridgehead atoms. The number of carbonyl (C=O) groups is 2. The Labute approximate surface area is 217 Å². The van der Waals surface area contributed by atoms with E-state index in [0.717, 1.165) is 25.7 Å². The van der Waals surface area contributed by atoms with Crippen molar-refractivity contribution in [1.82, 2.24) is 15.3 Å². The van der Waals surface area contributed by atoms with Gasteiger partial charge in [-0.1, -0.05) is 19.4 Å². The Hall–Kier alpha value is -3.41. The largest absolute Gasteiger partial charge is 0.495 e. The summed E-state index contributed by atoms with van der Waals surface area (Å²) in [5.41, 5.74) is 0.634. The van der Waals surface area contributed by atoms with Crippen molar-refractivity contribution in [2.24, 2.45) is 0 Å². The fourth-order valence-electron chi connectivity index (χ4n) is 4.55. The van der Waals surface area contributed by atoms with Crippen LogP contribution in [-0.4, -0.2) is 55.3 Å². The molecule has 1 aromatic heterocycles. The highest BCUT2D eigenvalue weighted by atomic mass is 79.9. The van der Waals surface area contributed by atoms with E-state index in [1.165, 1.54) is 36.2 Å². The zero-order chi connectivity index (χ0) is 26.0. The number of anilines is 3. The number of methoxy groups -OCH3 is 2. The molecule has 1 aromatic carbocycles. The van der Waals surface area contributed by atoms with Crippen molar-refractivity contribution in [1.29, 1.82) is 0 Å². The molecule has 0 spiro atoms. The number of aromatic nitrogens is 2. The van der Waals surface area contributed by atoms with Crippen molar-refractivity contribution in [3.63, 3.8) is 0 Å². The van der Waals surface area contributed by atoms with Crippen LogP contribution in [0.25, 0.3) is 0 Å². The average molecular weight is 563 g/mol. The van der Waals surface area contributed by atoms with Gasteiger partial charge in [0, 0.05) is 37.0 Å². The van der Waals surface area contributed by atoms with Gasteiger partial charge in [-0.05, 0) is 34.8 Å². The van der Waals surface area contributed by atoms with Gasteiger partial charge in [0.15, 0.2) is 11.6 Å². The number of fused-ring (bicyclic) bond motifs is 1. The third kappa shape index (κ3) is 4.81. The second-order valence-corrected chi connectivity index (χ2v) is 9.38. The normalized spacial score (nSPS) is 19.4.